The summed E-state index contributed by atoms with van der Waals surface area (Å²) in [5.74, 6) is 0.933. The Hall–Kier alpha value is -1.59. The number of aromatic nitrogens is 3. The van der Waals surface area contributed by atoms with E-state index in [1.165, 1.54) is 0 Å². The van der Waals surface area contributed by atoms with Crippen molar-refractivity contribution in [3.05, 3.63) is 30.2 Å². The third-order valence-corrected chi connectivity index (χ3v) is 2.81. The molecule has 0 atom stereocenters. The van der Waals surface area contributed by atoms with Gasteiger partial charge < -0.3 is 10.6 Å². The third-order valence-electron chi connectivity index (χ3n) is 2.81. The van der Waals surface area contributed by atoms with Crippen molar-refractivity contribution in [2.75, 3.05) is 13.1 Å². The van der Waals surface area contributed by atoms with Crippen LogP contribution < -0.4 is 10.6 Å². The fourth-order valence-corrected chi connectivity index (χ4v) is 1.81. The number of rotatable bonds is 5. The molecule has 128 valence electrons. The number of aliphatic imine (C=N–C) groups is 1. The molecule has 0 saturated heterocycles. The van der Waals surface area contributed by atoms with Gasteiger partial charge in [-0.1, -0.05) is 6.07 Å². The number of hydrogen-bond donors (Lipinski definition) is 2. The number of halogens is 4. The molecule has 0 bridgehead atoms. The maximum atomic E-state index is 12.2. The zero-order chi connectivity index (χ0) is 16.0. The van der Waals surface area contributed by atoms with Crippen LogP contribution in [-0.4, -0.2) is 39.8 Å². The highest BCUT2D eigenvalue weighted by Crippen LogP contribution is 2.18. The average molecular weight is 442 g/mol. The zero-order valence-corrected chi connectivity index (χ0v) is 14.8. The van der Waals surface area contributed by atoms with Gasteiger partial charge in [-0.2, -0.15) is 13.2 Å². The van der Waals surface area contributed by atoms with Crippen LogP contribution in [0, 0.1) is 0 Å². The van der Waals surface area contributed by atoms with Crippen molar-refractivity contribution in [1.82, 2.24) is 25.2 Å². The zero-order valence-electron chi connectivity index (χ0n) is 12.5. The van der Waals surface area contributed by atoms with Crippen molar-refractivity contribution in [2.45, 2.75) is 26.1 Å². The van der Waals surface area contributed by atoms with Crippen molar-refractivity contribution in [3.8, 4) is 0 Å². The second-order valence-corrected chi connectivity index (χ2v) is 4.53. The first-order valence-electron chi connectivity index (χ1n) is 6.87. The van der Waals surface area contributed by atoms with Crippen LogP contribution in [0.5, 0.6) is 0 Å². The SMILES string of the molecule is CCNC(=NCc1nnc2ccccn12)NCCC(F)(F)F.I. The van der Waals surface area contributed by atoms with Gasteiger partial charge in [-0.25, -0.2) is 4.99 Å². The Balaban J connectivity index is 0.00000264. The monoisotopic (exact) mass is 442 g/mol. The number of fused-ring (bicyclic) bond motifs is 1. The van der Waals surface area contributed by atoms with E-state index in [1.807, 2.05) is 31.3 Å². The number of nitrogens with zero attached hydrogens (tertiary/aromatic N) is 4. The molecule has 10 heteroatoms. The summed E-state index contributed by atoms with van der Waals surface area (Å²) in [4.78, 5) is 4.23. The van der Waals surface area contributed by atoms with Crippen LogP contribution in [0.2, 0.25) is 0 Å². The van der Waals surface area contributed by atoms with Gasteiger partial charge >= 0.3 is 6.18 Å². The fourth-order valence-electron chi connectivity index (χ4n) is 1.81. The normalized spacial score (nSPS) is 12.1. The van der Waals surface area contributed by atoms with Crippen LogP contribution in [0.25, 0.3) is 5.65 Å². The van der Waals surface area contributed by atoms with E-state index in [1.54, 1.807) is 4.40 Å². The maximum Gasteiger partial charge on any atom is 0.390 e. The molecule has 2 rings (SSSR count). The van der Waals surface area contributed by atoms with Gasteiger partial charge in [0.25, 0.3) is 0 Å². The molecule has 0 aromatic carbocycles. The summed E-state index contributed by atoms with van der Waals surface area (Å²) in [7, 11) is 0. The second-order valence-electron chi connectivity index (χ2n) is 4.53. The fraction of sp³-hybridized carbons (Fsp3) is 0.462. The van der Waals surface area contributed by atoms with E-state index in [9.17, 15) is 13.2 Å². The molecule has 23 heavy (non-hydrogen) atoms. The van der Waals surface area contributed by atoms with E-state index in [2.05, 4.69) is 25.8 Å². The third kappa shape index (κ3) is 6.20. The largest absolute Gasteiger partial charge is 0.390 e. The first-order valence-corrected chi connectivity index (χ1v) is 6.87. The lowest BCUT2D eigenvalue weighted by Crippen LogP contribution is -2.38. The van der Waals surface area contributed by atoms with Gasteiger partial charge in [-0.3, -0.25) is 4.40 Å². The molecular formula is C13H18F3IN6. The standard InChI is InChI=1S/C13H17F3N6.HI/c1-2-17-12(18-7-6-13(14,15)16)19-9-11-21-20-10-5-3-4-8-22(10)11;/h3-5,8H,2,6-7,9H2,1H3,(H2,17,18,19);1H. The summed E-state index contributed by atoms with van der Waals surface area (Å²) in [6.45, 7) is 2.38. The number of nitrogens with one attached hydrogen (secondary N) is 2. The average Bonchev–Trinajstić information content (AvgIpc) is 2.87. The molecular weight excluding hydrogens is 424 g/mol. The van der Waals surface area contributed by atoms with Gasteiger partial charge in [-0.05, 0) is 19.1 Å². The molecule has 0 aliphatic carbocycles. The molecule has 2 aromatic rings. The summed E-state index contributed by atoms with van der Waals surface area (Å²) < 4.78 is 38.2. The van der Waals surface area contributed by atoms with E-state index in [0.717, 1.165) is 0 Å². The Morgan fingerprint density at radius 1 is 1.26 bits per heavy atom. The number of guanidine groups is 1. The summed E-state index contributed by atoms with van der Waals surface area (Å²) in [5, 5.41) is 13.6. The van der Waals surface area contributed by atoms with Crippen molar-refractivity contribution >= 4 is 35.6 Å². The van der Waals surface area contributed by atoms with Crippen LogP contribution in [0.4, 0.5) is 13.2 Å². The van der Waals surface area contributed by atoms with E-state index < -0.39 is 12.6 Å². The Morgan fingerprint density at radius 2 is 2.04 bits per heavy atom. The molecule has 6 nitrogen and oxygen atoms in total. The van der Waals surface area contributed by atoms with E-state index in [0.29, 0.717) is 24.0 Å². The summed E-state index contributed by atoms with van der Waals surface area (Å²) >= 11 is 0. The van der Waals surface area contributed by atoms with Crippen molar-refractivity contribution in [1.29, 1.82) is 0 Å². The summed E-state index contributed by atoms with van der Waals surface area (Å²) in [6, 6.07) is 5.50. The lowest BCUT2D eigenvalue weighted by molar-refractivity contribution is -0.132. The van der Waals surface area contributed by atoms with Gasteiger partial charge in [0, 0.05) is 19.3 Å². The molecule has 2 aromatic heterocycles. The summed E-state index contributed by atoms with van der Waals surface area (Å²) in [5.41, 5.74) is 0.697. The predicted octanol–water partition coefficient (Wildman–Crippen LogP) is 2.35. The number of hydrogen-bond acceptors (Lipinski definition) is 3. The lowest BCUT2D eigenvalue weighted by atomic mass is 10.4. The number of pyridine rings is 1. The summed E-state index contributed by atoms with van der Waals surface area (Å²) in [6.07, 6.45) is -3.29. The minimum absolute atomic E-state index is 0. The van der Waals surface area contributed by atoms with Crippen molar-refractivity contribution in [3.63, 3.8) is 0 Å². The molecule has 0 unspecified atom stereocenters. The highest BCUT2D eigenvalue weighted by Gasteiger charge is 2.26. The second kappa shape index (κ2) is 8.89. The quantitative estimate of drug-likeness (QED) is 0.424. The highest BCUT2D eigenvalue weighted by molar-refractivity contribution is 14.0. The Kier molecular flexibility index (Phi) is 7.52. The minimum atomic E-state index is -4.19. The Morgan fingerprint density at radius 3 is 2.74 bits per heavy atom. The topological polar surface area (TPSA) is 66.6 Å². The molecule has 0 spiro atoms. The van der Waals surface area contributed by atoms with Gasteiger partial charge in [0.1, 0.15) is 6.54 Å². The smallest absolute Gasteiger partial charge is 0.357 e. The first-order chi connectivity index (χ1) is 10.5. The van der Waals surface area contributed by atoms with Crippen LogP contribution in [0.3, 0.4) is 0 Å². The van der Waals surface area contributed by atoms with Gasteiger partial charge in [0.15, 0.2) is 17.4 Å². The Labute approximate surface area is 148 Å². The first kappa shape index (κ1) is 19.5. The van der Waals surface area contributed by atoms with Crippen molar-refractivity contribution in [2.24, 2.45) is 4.99 Å². The molecule has 0 saturated carbocycles. The number of alkyl halides is 3. The minimum Gasteiger partial charge on any atom is -0.357 e. The maximum absolute atomic E-state index is 12.2. The van der Waals surface area contributed by atoms with Crippen LogP contribution >= 0.6 is 24.0 Å². The highest BCUT2D eigenvalue weighted by atomic mass is 127. The molecule has 0 aliphatic rings. The molecule has 0 aliphatic heterocycles. The van der Waals surface area contributed by atoms with E-state index in [4.69, 9.17) is 0 Å². The molecule has 2 N–H and O–H groups in total. The Bertz CT molecular complexity index is 640. The van der Waals surface area contributed by atoms with Crippen LogP contribution in [0.15, 0.2) is 29.4 Å². The van der Waals surface area contributed by atoms with Gasteiger partial charge in [-0.15, -0.1) is 34.2 Å². The predicted molar refractivity (Wildman–Crippen MR) is 91.9 cm³/mol. The molecule has 0 fully saturated rings. The molecule has 0 amide bonds. The van der Waals surface area contributed by atoms with Crippen LogP contribution in [-0.2, 0) is 6.54 Å². The van der Waals surface area contributed by atoms with Crippen molar-refractivity contribution < 1.29 is 13.2 Å². The lowest BCUT2D eigenvalue weighted by Gasteiger charge is -2.12. The van der Waals surface area contributed by atoms with Gasteiger partial charge in [0.2, 0.25) is 0 Å². The van der Waals surface area contributed by atoms with E-state index >= 15 is 0 Å². The van der Waals surface area contributed by atoms with Gasteiger partial charge in [0.05, 0.1) is 6.42 Å². The van der Waals surface area contributed by atoms with E-state index in [-0.39, 0.29) is 37.1 Å². The van der Waals surface area contributed by atoms with Crippen LogP contribution in [0.1, 0.15) is 19.2 Å². The molecule has 0 radical (unpaired) electrons. The molecule has 2 heterocycles.